The van der Waals surface area contributed by atoms with Crippen molar-refractivity contribution >= 4 is 0 Å². The average molecular weight is 298 g/mol. The molecule has 1 fully saturated rings. The standard InChI is InChI=1S/C13H15FN2O5/c1-4-13(14)10(19)9(7(3)17)21-11(13)16-6(2)5-8(18)15-12(16)20/h1,5,7,9-11,17,19H,2-3H3,(H,15,18,20)/t7-,9-,10+,11-,13?/m1/s1. The van der Waals surface area contributed by atoms with Crippen molar-refractivity contribution in [1.29, 1.82) is 0 Å². The molecule has 1 saturated heterocycles. The normalized spacial score (nSPS) is 33.6. The average Bonchev–Trinajstić information content (AvgIpc) is 2.63. The molecule has 0 bridgehead atoms. The van der Waals surface area contributed by atoms with E-state index in [2.05, 4.69) is 0 Å². The van der Waals surface area contributed by atoms with Crippen LogP contribution in [0.5, 0.6) is 0 Å². The summed E-state index contributed by atoms with van der Waals surface area (Å²) in [4.78, 5) is 25.1. The third kappa shape index (κ3) is 2.29. The third-order valence-corrected chi connectivity index (χ3v) is 3.49. The second-order valence-electron chi connectivity index (χ2n) is 5.00. The van der Waals surface area contributed by atoms with Gasteiger partial charge >= 0.3 is 5.69 Å². The van der Waals surface area contributed by atoms with Gasteiger partial charge in [0.1, 0.15) is 12.2 Å². The summed E-state index contributed by atoms with van der Waals surface area (Å²) in [7, 11) is 0. The molecule has 1 aromatic heterocycles. The molecule has 2 heterocycles. The van der Waals surface area contributed by atoms with Crippen LogP contribution in [0.25, 0.3) is 0 Å². The van der Waals surface area contributed by atoms with Crippen molar-refractivity contribution in [2.24, 2.45) is 0 Å². The van der Waals surface area contributed by atoms with Gasteiger partial charge in [0.2, 0.25) is 5.67 Å². The first-order chi connectivity index (χ1) is 9.72. The van der Waals surface area contributed by atoms with E-state index in [0.29, 0.717) is 0 Å². The summed E-state index contributed by atoms with van der Waals surface area (Å²) in [5.41, 5.74) is -4.16. The van der Waals surface area contributed by atoms with E-state index in [-0.39, 0.29) is 5.69 Å². The highest BCUT2D eigenvalue weighted by atomic mass is 19.1. The van der Waals surface area contributed by atoms with Crippen LogP contribution in [0, 0.1) is 19.3 Å². The maximum absolute atomic E-state index is 14.9. The number of ether oxygens (including phenoxy) is 1. The van der Waals surface area contributed by atoms with Crippen LogP contribution >= 0.6 is 0 Å². The summed E-state index contributed by atoms with van der Waals surface area (Å²) in [6.45, 7) is 2.70. The van der Waals surface area contributed by atoms with Crippen LogP contribution in [0.2, 0.25) is 0 Å². The Labute approximate surface area is 119 Å². The summed E-state index contributed by atoms with van der Waals surface area (Å²) in [6.07, 6.45) is -0.819. The fourth-order valence-electron chi connectivity index (χ4n) is 2.40. The van der Waals surface area contributed by atoms with E-state index in [1.165, 1.54) is 13.8 Å². The fourth-order valence-corrected chi connectivity index (χ4v) is 2.40. The quantitative estimate of drug-likeness (QED) is 0.597. The third-order valence-electron chi connectivity index (χ3n) is 3.49. The Morgan fingerprint density at radius 1 is 1.62 bits per heavy atom. The summed E-state index contributed by atoms with van der Waals surface area (Å²) in [5.74, 6) is 1.79. The number of halogens is 1. The number of nitrogens with one attached hydrogen (secondary N) is 1. The number of hydrogen-bond donors (Lipinski definition) is 3. The molecule has 5 atom stereocenters. The summed E-state index contributed by atoms with van der Waals surface area (Å²) in [6, 6.07) is 1.07. The highest BCUT2D eigenvalue weighted by molar-refractivity contribution is 5.21. The number of alkyl halides is 1. The summed E-state index contributed by atoms with van der Waals surface area (Å²) < 4.78 is 20.9. The molecule has 0 aromatic carbocycles. The number of H-pyrrole nitrogens is 1. The van der Waals surface area contributed by atoms with Gasteiger partial charge in [0.05, 0.1) is 6.10 Å². The van der Waals surface area contributed by atoms with E-state index >= 15 is 0 Å². The van der Waals surface area contributed by atoms with Crippen LogP contribution in [0.4, 0.5) is 4.39 Å². The molecular formula is C13H15FN2O5. The molecule has 0 radical (unpaired) electrons. The number of aromatic nitrogens is 2. The molecule has 0 aliphatic carbocycles. The van der Waals surface area contributed by atoms with Gasteiger partial charge in [-0.15, -0.1) is 6.42 Å². The van der Waals surface area contributed by atoms with E-state index < -0.39 is 41.5 Å². The highest BCUT2D eigenvalue weighted by Crippen LogP contribution is 2.41. The van der Waals surface area contributed by atoms with Crippen LogP contribution in [-0.2, 0) is 4.74 Å². The number of aryl methyl sites for hydroxylation is 1. The molecule has 1 aromatic rings. The molecule has 0 amide bonds. The highest BCUT2D eigenvalue weighted by Gasteiger charge is 2.59. The zero-order valence-electron chi connectivity index (χ0n) is 11.4. The Balaban J connectivity index is 2.61. The topological polar surface area (TPSA) is 105 Å². The van der Waals surface area contributed by atoms with Crippen molar-refractivity contribution < 1.29 is 19.3 Å². The van der Waals surface area contributed by atoms with E-state index in [0.717, 1.165) is 10.6 Å². The van der Waals surface area contributed by atoms with Crippen LogP contribution in [0.15, 0.2) is 15.7 Å². The Morgan fingerprint density at radius 2 is 2.24 bits per heavy atom. The number of terminal acetylenes is 1. The number of hydrogen-bond acceptors (Lipinski definition) is 5. The lowest BCUT2D eigenvalue weighted by Crippen LogP contribution is -2.46. The summed E-state index contributed by atoms with van der Waals surface area (Å²) in [5, 5.41) is 19.5. The molecule has 3 N–H and O–H groups in total. The lowest BCUT2D eigenvalue weighted by atomic mass is 9.95. The van der Waals surface area contributed by atoms with E-state index in [1.54, 1.807) is 5.92 Å². The van der Waals surface area contributed by atoms with Crippen LogP contribution < -0.4 is 11.2 Å². The van der Waals surface area contributed by atoms with Gasteiger partial charge < -0.3 is 14.9 Å². The smallest absolute Gasteiger partial charge is 0.330 e. The van der Waals surface area contributed by atoms with Gasteiger partial charge in [0.15, 0.2) is 6.23 Å². The second-order valence-corrected chi connectivity index (χ2v) is 5.00. The summed E-state index contributed by atoms with van der Waals surface area (Å²) >= 11 is 0. The van der Waals surface area contributed by atoms with Crippen molar-refractivity contribution in [3.05, 3.63) is 32.6 Å². The van der Waals surface area contributed by atoms with Crippen LogP contribution in [0.1, 0.15) is 18.8 Å². The van der Waals surface area contributed by atoms with Gasteiger partial charge in [-0.1, -0.05) is 5.92 Å². The maximum atomic E-state index is 14.9. The number of aliphatic hydroxyl groups is 2. The van der Waals surface area contributed by atoms with Crippen LogP contribution in [-0.4, -0.2) is 43.7 Å². The molecular weight excluding hydrogens is 283 g/mol. The number of aromatic amines is 1. The number of aliphatic hydroxyl groups excluding tert-OH is 2. The largest absolute Gasteiger partial charge is 0.391 e. The monoisotopic (exact) mass is 298 g/mol. The van der Waals surface area contributed by atoms with Gasteiger partial charge in [-0.2, -0.15) is 0 Å². The molecule has 21 heavy (non-hydrogen) atoms. The predicted octanol–water partition coefficient (Wildman–Crippen LogP) is -1.17. The van der Waals surface area contributed by atoms with E-state index in [9.17, 15) is 24.2 Å². The molecule has 7 nitrogen and oxygen atoms in total. The van der Waals surface area contributed by atoms with Crippen molar-refractivity contribution in [2.45, 2.75) is 44.1 Å². The van der Waals surface area contributed by atoms with Gasteiger partial charge in [0.25, 0.3) is 5.56 Å². The molecule has 2 rings (SSSR count). The van der Waals surface area contributed by atoms with Gasteiger partial charge in [-0.3, -0.25) is 14.3 Å². The van der Waals surface area contributed by atoms with Crippen molar-refractivity contribution in [3.63, 3.8) is 0 Å². The van der Waals surface area contributed by atoms with Crippen LogP contribution in [0.3, 0.4) is 0 Å². The van der Waals surface area contributed by atoms with Crippen molar-refractivity contribution in [2.75, 3.05) is 0 Å². The van der Waals surface area contributed by atoms with E-state index in [4.69, 9.17) is 11.2 Å². The predicted molar refractivity (Wildman–Crippen MR) is 70.3 cm³/mol. The molecule has 1 unspecified atom stereocenters. The van der Waals surface area contributed by atoms with Gasteiger partial charge in [0, 0.05) is 11.8 Å². The van der Waals surface area contributed by atoms with E-state index in [1.807, 2.05) is 4.98 Å². The number of nitrogens with zero attached hydrogens (tertiary/aromatic N) is 1. The Kier molecular flexibility index (Phi) is 3.76. The van der Waals surface area contributed by atoms with Crippen molar-refractivity contribution in [1.82, 2.24) is 9.55 Å². The zero-order valence-corrected chi connectivity index (χ0v) is 11.4. The van der Waals surface area contributed by atoms with Crippen molar-refractivity contribution in [3.8, 4) is 12.3 Å². The molecule has 0 spiro atoms. The van der Waals surface area contributed by atoms with Gasteiger partial charge in [-0.05, 0) is 13.8 Å². The lowest BCUT2D eigenvalue weighted by Gasteiger charge is -2.25. The molecule has 114 valence electrons. The second kappa shape index (κ2) is 5.11. The van der Waals surface area contributed by atoms with Gasteiger partial charge in [-0.25, -0.2) is 9.18 Å². The first-order valence-corrected chi connectivity index (χ1v) is 6.23. The number of rotatable bonds is 2. The minimum absolute atomic E-state index is 0.115. The maximum Gasteiger partial charge on any atom is 0.330 e. The Bertz CT molecular complexity index is 704. The Morgan fingerprint density at radius 3 is 2.71 bits per heavy atom. The molecule has 0 saturated carbocycles. The molecule has 1 aliphatic rings. The SMILES string of the molecule is C#CC1(F)[C@@H](O)[C@@H]([C@@H](C)O)O[C@H]1n1c(C)cc(=O)[nH]c1=O. The zero-order chi connectivity index (χ0) is 15.9. The Hall–Kier alpha value is -1.95. The first-order valence-electron chi connectivity index (χ1n) is 6.23. The molecule has 1 aliphatic heterocycles. The minimum Gasteiger partial charge on any atom is -0.391 e. The fraction of sp³-hybridized carbons (Fsp3) is 0.538. The first kappa shape index (κ1) is 15.4. The lowest BCUT2D eigenvalue weighted by molar-refractivity contribution is -0.0809. The molecule has 8 heteroatoms. The minimum atomic E-state index is -2.71.